The van der Waals surface area contributed by atoms with E-state index in [0.717, 1.165) is 11.8 Å². The van der Waals surface area contributed by atoms with Gasteiger partial charge in [0.15, 0.2) is 5.17 Å². The summed E-state index contributed by atoms with van der Waals surface area (Å²) < 4.78 is 0. The van der Waals surface area contributed by atoms with Crippen LogP contribution in [0.25, 0.3) is 11.0 Å². The van der Waals surface area contributed by atoms with E-state index in [-0.39, 0.29) is 5.17 Å². The molecule has 0 atom stereocenters. The number of nitrogens with zero attached hydrogens (tertiary/aromatic N) is 2. The fourth-order valence-electron chi connectivity index (χ4n) is 1.32. The lowest BCUT2D eigenvalue weighted by Crippen LogP contribution is -2.05. The molecule has 1 aromatic carbocycles. The highest BCUT2D eigenvalue weighted by molar-refractivity contribution is 8.13. The van der Waals surface area contributed by atoms with Crippen molar-refractivity contribution in [2.75, 3.05) is 0 Å². The molecular formula is C10H8Cl2N4S. The summed E-state index contributed by atoms with van der Waals surface area (Å²) in [7, 11) is 0. The number of benzene rings is 1. The fraction of sp³-hybridized carbons (Fsp3) is 0.100. The molecular weight excluding hydrogens is 279 g/mol. The van der Waals surface area contributed by atoms with Crippen molar-refractivity contribution in [3.05, 3.63) is 27.9 Å². The zero-order valence-electron chi connectivity index (χ0n) is 8.79. The summed E-state index contributed by atoms with van der Waals surface area (Å²) >= 11 is 12.9. The van der Waals surface area contributed by atoms with E-state index < -0.39 is 0 Å². The molecule has 4 nitrogen and oxygen atoms in total. The van der Waals surface area contributed by atoms with Crippen molar-refractivity contribution >= 4 is 51.2 Å². The Morgan fingerprint density at radius 3 is 2.29 bits per heavy atom. The third-order valence-corrected chi connectivity index (χ3v) is 3.57. The molecule has 0 aliphatic heterocycles. The lowest BCUT2D eigenvalue weighted by Gasteiger charge is -2.06. The van der Waals surface area contributed by atoms with Crippen LogP contribution < -0.4 is 5.73 Å². The van der Waals surface area contributed by atoms with Gasteiger partial charge in [-0.25, -0.2) is 9.97 Å². The van der Waals surface area contributed by atoms with Gasteiger partial charge in [-0.3, -0.25) is 5.41 Å². The summed E-state index contributed by atoms with van der Waals surface area (Å²) in [5.74, 6) is 0. The number of halogens is 2. The number of thioether (sulfide) groups is 1. The number of aromatic nitrogens is 2. The van der Waals surface area contributed by atoms with Crippen LogP contribution in [0.1, 0.15) is 5.69 Å². The zero-order valence-corrected chi connectivity index (χ0v) is 11.1. The minimum absolute atomic E-state index is 0.0261. The van der Waals surface area contributed by atoms with Crippen molar-refractivity contribution in [2.24, 2.45) is 5.73 Å². The van der Waals surface area contributed by atoms with E-state index in [4.69, 9.17) is 34.3 Å². The maximum atomic E-state index is 7.24. The molecule has 1 heterocycles. The summed E-state index contributed by atoms with van der Waals surface area (Å²) in [4.78, 5) is 8.71. The van der Waals surface area contributed by atoms with Gasteiger partial charge < -0.3 is 5.73 Å². The molecule has 0 aliphatic rings. The fourth-order valence-corrected chi connectivity index (χ4v) is 2.19. The van der Waals surface area contributed by atoms with E-state index in [1.54, 1.807) is 19.1 Å². The second-order valence-corrected chi connectivity index (χ2v) is 5.18. The van der Waals surface area contributed by atoms with Gasteiger partial charge in [-0.05, 0) is 30.8 Å². The summed E-state index contributed by atoms with van der Waals surface area (Å²) in [5, 5.41) is 8.68. The molecule has 0 bridgehead atoms. The van der Waals surface area contributed by atoms with Gasteiger partial charge in [0.2, 0.25) is 0 Å². The van der Waals surface area contributed by atoms with Crippen LogP contribution in [0.15, 0.2) is 17.2 Å². The van der Waals surface area contributed by atoms with Crippen molar-refractivity contribution in [1.29, 1.82) is 5.41 Å². The van der Waals surface area contributed by atoms with Crippen molar-refractivity contribution in [2.45, 2.75) is 11.9 Å². The number of fused-ring (bicyclic) bond motifs is 1. The smallest absolute Gasteiger partial charge is 0.157 e. The van der Waals surface area contributed by atoms with Gasteiger partial charge in [-0.15, -0.1) is 0 Å². The average molecular weight is 287 g/mol. The molecule has 1 aromatic heterocycles. The number of rotatable bonds is 1. The van der Waals surface area contributed by atoms with E-state index in [9.17, 15) is 0 Å². The van der Waals surface area contributed by atoms with Gasteiger partial charge in [0.05, 0.1) is 26.8 Å². The Morgan fingerprint density at radius 1 is 1.24 bits per heavy atom. The van der Waals surface area contributed by atoms with Crippen LogP contribution in [-0.4, -0.2) is 15.1 Å². The number of aryl methyl sites for hydroxylation is 1. The minimum atomic E-state index is -0.0261. The van der Waals surface area contributed by atoms with E-state index >= 15 is 0 Å². The van der Waals surface area contributed by atoms with Crippen molar-refractivity contribution in [1.82, 2.24) is 9.97 Å². The van der Waals surface area contributed by atoms with Crippen LogP contribution in [0.2, 0.25) is 10.0 Å². The Hall–Kier alpha value is -1.04. The van der Waals surface area contributed by atoms with Crippen molar-refractivity contribution < 1.29 is 0 Å². The molecule has 0 fully saturated rings. The number of amidine groups is 1. The summed E-state index contributed by atoms with van der Waals surface area (Å²) in [6.45, 7) is 1.81. The predicted octanol–water partition coefficient (Wildman–Crippen LogP) is 3.23. The van der Waals surface area contributed by atoms with Crippen LogP contribution in [0.3, 0.4) is 0 Å². The first-order chi connectivity index (χ1) is 7.97. The van der Waals surface area contributed by atoms with Gasteiger partial charge in [-0.2, -0.15) is 0 Å². The molecule has 17 heavy (non-hydrogen) atoms. The van der Waals surface area contributed by atoms with Crippen LogP contribution in [0.4, 0.5) is 0 Å². The predicted molar refractivity (Wildman–Crippen MR) is 72.1 cm³/mol. The maximum Gasteiger partial charge on any atom is 0.157 e. The monoisotopic (exact) mass is 286 g/mol. The molecule has 88 valence electrons. The van der Waals surface area contributed by atoms with E-state index in [1.807, 2.05) is 0 Å². The lowest BCUT2D eigenvalue weighted by molar-refractivity contribution is 1.04. The largest absolute Gasteiger partial charge is 0.378 e. The molecule has 3 N–H and O–H groups in total. The molecule has 0 radical (unpaired) electrons. The molecule has 0 amide bonds. The second kappa shape index (κ2) is 4.68. The van der Waals surface area contributed by atoms with Crippen LogP contribution >= 0.6 is 35.0 Å². The first-order valence-corrected chi connectivity index (χ1v) is 6.20. The molecule has 0 aliphatic carbocycles. The zero-order chi connectivity index (χ0) is 12.6. The second-order valence-electron chi connectivity index (χ2n) is 3.34. The normalized spacial score (nSPS) is 10.8. The number of hydrogen-bond donors (Lipinski definition) is 2. The van der Waals surface area contributed by atoms with Gasteiger partial charge in [0.1, 0.15) is 5.03 Å². The Kier molecular flexibility index (Phi) is 3.42. The van der Waals surface area contributed by atoms with Crippen LogP contribution in [0, 0.1) is 12.3 Å². The molecule has 0 unspecified atom stereocenters. The Morgan fingerprint density at radius 2 is 1.76 bits per heavy atom. The molecule has 7 heteroatoms. The van der Waals surface area contributed by atoms with Gasteiger partial charge in [0, 0.05) is 0 Å². The highest BCUT2D eigenvalue weighted by Crippen LogP contribution is 2.28. The third kappa shape index (κ3) is 2.62. The van der Waals surface area contributed by atoms with Gasteiger partial charge in [-0.1, -0.05) is 23.2 Å². The summed E-state index contributed by atoms with van der Waals surface area (Å²) in [5.41, 5.74) is 7.33. The highest BCUT2D eigenvalue weighted by atomic mass is 35.5. The SMILES string of the molecule is Cc1nc2cc(Cl)c(Cl)cc2nc1SC(=N)N. The summed E-state index contributed by atoms with van der Waals surface area (Å²) in [6.07, 6.45) is 0. The topological polar surface area (TPSA) is 75.7 Å². The van der Waals surface area contributed by atoms with E-state index in [0.29, 0.717) is 31.8 Å². The maximum absolute atomic E-state index is 7.24. The number of nitrogens with two attached hydrogens (primary N) is 1. The van der Waals surface area contributed by atoms with Crippen LogP contribution in [-0.2, 0) is 0 Å². The number of hydrogen-bond acceptors (Lipinski definition) is 4. The molecule has 0 saturated heterocycles. The third-order valence-electron chi connectivity index (χ3n) is 2.04. The van der Waals surface area contributed by atoms with Crippen molar-refractivity contribution in [3.8, 4) is 0 Å². The summed E-state index contributed by atoms with van der Waals surface area (Å²) in [6, 6.07) is 3.32. The number of nitrogens with one attached hydrogen (secondary N) is 1. The highest BCUT2D eigenvalue weighted by Gasteiger charge is 2.09. The van der Waals surface area contributed by atoms with Crippen molar-refractivity contribution in [3.63, 3.8) is 0 Å². The standard InChI is InChI=1S/C10H8Cl2N4S/c1-4-9(17-10(13)14)16-8-3-6(12)5(11)2-7(8)15-4/h2-3H,1H3,(H3,13,14). The first kappa shape index (κ1) is 12.4. The Labute approximate surface area is 112 Å². The average Bonchev–Trinajstić information content (AvgIpc) is 2.22. The van der Waals surface area contributed by atoms with Crippen LogP contribution in [0.5, 0.6) is 0 Å². The quantitative estimate of drug-likeness (QED) is 0.479. The Bertz CT molecular complexity index is 615. The van der Waals surface area contributed by atoms with Gasteiger partial charge in [0.25, 0.3) is 0 Å². The van der Waals surface area contributed by atoms with Gasteiger partial charge >= 0.3 is 0 Å². The Balaban J connectivity index is 2.63. The minimum Gasteiger partial charge on any atom is -0.378 e. The van der Waals surface area contributed by atoms with E-state index in [1.165, 1.54) is 0 Å². The molecule has 2 aromatic rings. The molecule has 0 spiro atoms. The van der Waals surface area contributed by atoms with E-state index in [2.05, 4.69) is 9.97 Å². The molecule has 2 rings (SSSR count). The molecule has 0 saturated carbocycles. The first-order valence-electron chi connectivity index (χ1n) is 4.62. The lowest BCUT2D eigenvalue weighted by atomic mass is 10.3.